The molecule has 5 heterocycles. The van der Waals surface area contributed by atoms with E-state index in [1.165, 1.54) is 4.90 Å². The number of para-hydroxylation sites is 1. The Morgan fingerprint density at radius 1 is 1.18 bits per heavy atom. The normalized spacial score (nSPS) is 32.2. The summed E-state index contributed by atoms with van der Waals surface area (Å²) in [6.07, 6.45) is 0.184. The van der Waals surface area contributed by atoms with Crippen molar-refractivity contribution in [2.45, 2.75) is 61.7 Å². The standard InChI is InChI=1S/C24H30N8O6/c1-22(2)10-38-17-11(4-3-5-12(17)22)19(35)28-14-9-32-21(26)27-13(8-31-15(33)6-7-16(31)34)18-23(32,24(14,36)37)30-20(25)29-18/h3-5,13-14,18,36-37H,6-10H2,1-2H3,(H2,26,27)(H,28,35)(H3,25,29,30)/t13-,14-,18-,23?/m0/s1. The summed E-state index contributed by atoms with van der Waals surface area (Å²) < 4.78 is 5.82. The summed E-state index contributed by atoms with van der Waals surface area (Å²) in [4.78, 5) is 40.3. The molecule has 0 aliphatic carbocycles. The highest BCUT2D eigenvalue weighted by atomic mass is 16.5. The van der Waals surface area contributed by atoms with Gasteiger partial charge in [0.2, 0.25) is 17.6 Å². The number of imide groups is 1. The highest BCUT2D eigenvalue weighted by molar-refractivity contribution is 6.02. The number of carbonyl (C=O) groups excluding carboxylic acids is 3. The molecule has 0 saturated carbocycles. The van der Waals surface area contributed by atoms with E-state index in [1.807, 2.05) is 19.9 Å². The number of hydrogen-bond donors (Lipinski definition) is 8. The number of benzene rings is 1. The molecule has 0 bridgehead atoms. The predicted molar refractivity (Wildman–Crippen MR) is 131 cm³/mol. The van der Waals surface area contributed by atoms with Gasteiger partial charge in [-0.2, -0.15) is 0 Å². The Balaban J connectivity index is 1.31. The summed E-state index contributed by atoms with van der Waals surface area (Å²) >= 11 is 0. The maximum atomic E-state index is 13.4. The number of aliphatic hydroxyl groups is 2. The predicted octanol–water partition coefficient (Wildman–Crippen LogP) is -2.30. The molecule has 1 spiro atoms. The molecule has 4 fully saturated rings. The molecule has 0 aromatic heterocycles. The fraction of sp³-hybridized carbons (Fsp3) is 0.542. The Morgan fingerprint density at radius 3 is 2.61 bits per heavy atom. The van der Waals surface area contributed by atoms with E-state index in [9.17, 15) is 24.6 Å². The molecule has 202 valence electrons. The van der Waals surface area contributed by atoms with Crippen LogP contribution >= 0.6 is 0 Å². The average Bonchev–Trinajstić information content (AvgIpc) is 3.54. The van der Waals surface area contributed by atoms with Gasteiger partial charge >= 0.3 is 0 Å². The molecule has 6 rings (SSSR count). The van der Waals surface area contributed by atoms with Gasteiger partial charge in [0.25, 0.3) is 5.91 Å². The molecule has 5 aliphatic rings. The Hall–Kier alpha value is -3.91. The van der Waals surface area contributed by atoms with Crippen molar-refractivity contribution in [1.29, 1.82) is 10.8 Å². The first-order valence-corrected chi connectivity index (χ1v) is 12.5. The number of ether oxygens (including phenoxy) is 1. The van der Waals surface area contributed by atoms with Crippen molar-refractivity contribution < 1.29 is 29.3 Å². The summed E-state index contributed by atoms with van der Waals surface area (Å²) in [5, 5.41) is 51.3. The molecule has 4 saturated heterocycles. The van der Waals surface area contributed by atoms with Crippen LogP contribution in [0.4, 0.5) is 0 Å². The number of rotatable bonds is 4. The first kappa shape index (κ1) is 24.4. The molecule has 1 aromatic rings. The summed E-state index contributed by atoms with van der Waals surface area (Å²) in [5.74, 6) is -3.93. The van der Waals surface area contributed by atoms with Gasteiger partial charge in [-0.25, -0.2) is 0 Å². The van der Waals surface area contributed by atoms with Crippen molar-refractivity contribution in [3.8, 4) is 5.75 Å². The Morgan fingerprint density at radius 2 is 1.89 bits per heavy atom. The van der Waals surface area contributed by atoms with Crippen molar-refractivity contribution in [3.63, 3.8) is 0 Å². The van der Waals surface area contributed by atoms with Crippen LogP contribution in [0.2, 0.25) is 0 Å². The molecule has 1 aromatic carbocycles. The van der Waals surface area contributed by atoms with Crippen molar-refractivity contribution in [3.05, 3.63) is 29.3 Å². The number of fused-ring (bicyclic) bond motifs is 1. The van der Waals surface area contributed by atoms with E-state index in [2.05, 4.69) is 21.3 Å². The van der Waals surface area contributed by atoms with Gasteiger partial charge < -0.3 is 41.1 Å². The number of hydrogen-bond acceptors (Lipinski definition) is 8. The lowest BCUT2D eigenvalue weighted by Crippen LogP contribution is -2.81. The molecule has 5 aliphatic heterocycles. The van der Waals surface area contributed by atoms with Crippen molar-refractivity contribution in [1.82, 2.24) is 31.1 Å². The van der Waals surface area contributed by atoms with Gasteiger partial charge in [-0.15, -0.1) is 0 Å². The average molecular weight is 527 g/mol. The Kier molecular flexibility index (Phi) is 5.01. The summed E-state index contributed by atoms with van der Waals surface area (Å²) in [6, 6.07) is 2.19. The highest BCUT2D eigenvalue weighted by Gasteiger charge is 2.74. The van der Waals surface area contributed by atoms with Crippen molar-refractivity contribution in [2.75, 3.05) is 19.7 Å². The first-order chi connectivity index (χ1) is 17.9. The zero-order valence-corrected chi connectivity index (χ0v) is 20.9. The molecule has 1 unspecified atom stereocenters. The molecular formula is C24H30N8O6. The van der Waals surface area contributed by atoms with E-state index in [-0.39, 0.29) is 60.6 Å². The number of nitrogens with zero attached hydrogens (tertiary/aromatic N) is 2. The molecule has 4 atom stereocenters. The van der Waals surface area contributed by atoms with Crippen LogP contribution in [0.25, 0.3) is 0 Å². The van der Waals surface area contributed by atoms with E-state index < -0.39 is 35.5 Å². The fourth-order valence-electron chi connectivity index (χ4n) is 6.33. The number of likely N-dealkylation sites (tertiary alicyclic amines) is 1. The van der Waals surface area contributed by atoms with Gasteiger partial charge in [0, 0.05) is 30.4 Å². The minimum atomic E-state index is -2.67. The molecule has 38 heavy (non-hydrogen) atoms. The second-order valence-corrected chi connectivity index (χ2v) is 11.1. The van der Waals surface area contributed by atoms with Gasteiger partial charge in [-0.05, 0) is 6.07 Å². The highest BCUT2D eigenvalue weighted by Crippen LogP contribution is 2.44. The van der Waals surface area contributed by atoms with E-state index >= 15 is 0 Å². The van der Waals surface area contributed by atoms with Crippen LogP contribution in [0.3, 0.4) is 0 Å². The van der Waals surface area contributed by atoms with E-state index in [0.717, 1.165) is 10.5 Å². The Labute approximate surface area is 217 Å². The Bertz CT molecular complexity index is 1280. The number of carbonyl (C=O) groups is 3. The lowest BCUT2D eigenvalue weighted by Gasteiger charge is -2.51. The van der Waals surface area contributed by atoms with Crippen LogP contribution in [-0.4, -0.2) is 98.9 Å². The second kappa shape index (κ2) is 7.80. The summed E-state index contributed by atoms with van der Waals surface area (Å²) in [5.41, 5.74) is -0.984. The number of guanidine groups is 2. The number of amides is 3. The maximum Gasteiger partial charge on any atom is 0.255 e. The van der Waals surface area contributed by atoms with Crippen LogP contribution in [-0.2, 0) is 15.0 Å². The summed E-state index contributed by atoms with van der Waals surface area (Å²) in [7, 11) is 0. The molecule has 14 nitrogen and oxygen atoms in total. The molecule has 14 heteroatoms. The third-order valence-corrected chi connectivity index (χ3v) is 8.30. The van der Waals surface area contributed by atoms with Crippen molar-refractivity contribution >= 4 is 29.6 Å². The third kappa shape index (κ3) is 3.16. The maximum absolute atomic E-state index is 13.4. The van der Waals surface area contributed by atoms with Gasteiger partial charge in [0.15, 0.2) is 17.6 Å². The first-order valence-electron chi connectivity index (χ1n) is 12.5. The quantitative estimate of drug-likeness (QED) is 0.156. The third-order valence-electron chi connectivity index (χ3n) is 8.30. The number of nitrogens with one attached hydrogen (secondary N) is 6. The van der Waals surface area contributed by atoms with Crippen LogP contribution in [0.1, 0.15) is 42.6 Å². The molecule has 8 N–H and O–H groups in total. The smallest absolute Gasteiger partial charge is 0.255 e. The van der Waals surface area contributed by atoms with Gasteiger partial charge in [-0.1, -0.05) is 26.0 Å². The lowest BCUT2D eigenvalue weighted by atomic mass is 9.84. The zero-order chi connectivity index (χ0) is 27.2. The SMILES string of the molecule is CC1(C)COc2c(C(=O)N[C@H]3CN4C(=N)N[C@@H](CN5C(=O)CCC5=O)[C@@H]5NC(=N)NC54C3(O)O)cccc21. The molecule has 3 amide bonds. The van der Waals surface area contributed by atoms with Crippen LogP contribution in [0, 0.1) is 10.8 Å². The molecule has 0 radical (unpaired) electrons. The van der Waals surface area contributed by atoms with E-state index in [1.54, 1.807) is 12.1 Å². The largest absolute Gasteiger partial charge is 0.492 e. The monoisotopic (exact) mass is 526 g/mol. The minimum Gasteiger partial charge on any atom is -0.492 e. The van der Waals surface area contributed by atoms with E-state index in [0.29, 0.717) is 12.4 Å². The van der Waals surface area contributed by atoms with E-state index in [4.69, 9.17) is 15.6 Å². The summed E-state index contributed by atoms with van der Waals surface area (Å²) in [6.45, 7) is 4.13. The minimum absolute atomic E-state index is 0.0918. The van der Waals surface area contributed by atoms with Gasteiger partial charge in [0.1, 0.15) is 11.8 Å². The van der Waals surface area contributed by atoms with Crippen LogP contribution in [0.5, 0.6) is 5.75 Å². The topological polar surface area (TPSA) is 203 Å². The van der Waals surface area contributed by atoms with Crippen LogP contribution in [0.15, 0.2) is 18.2 Å². The molecular weight excluding hydrogens is 496 g/mol. The lowest BCUT2D eigenvalue weighted by molar-refractivity contribution is -0.232. The van der Waals surface area contributed by atoms with Crippen molar-refractivity contribution in [2.24, 2.45) is 0 Å². The van der Waals surface area contributed by atoms with Gasteiger partial charge in [0.05, 0.1) is 30.8 Å². The fourth-order valence-corrected chi connectivity index (χ4v) is 6.33. The second-order valence-electron chi connectivity index (χ2n) is 11.1. The van der Waals surface area contributed by atoms with Gasteiger partial charge in [-0.3, -0.25) is 30.1 Å². The van der Waals surface area contributed by atoms with Crippen LogP contribution < -0.4 is 26.0 Å². The zero-order valence-electron chi connectivity index (χ0n) is 20.9.